The Morgan fingerprint density at radius 3 is 2.58 bits per heavy atom. The summed E-state index contributed by atoms with van der Waals surface area (Å²) in [5.74, 6) is -0.910. The summed E-state index contributed by atoms with van der Waals surface area (Å²) in [6, 6.07) is 0. The first-order valence-corrected chi connectivity index (χ1v) is 5.86. The first-order chi connectivity index (χ1) is 8.99. The lowest BCUT2D eigenvalue weighted by atomic mass is 9.95. The van der Waals surface area contributed by atoms with Crippen LogP contribution in [0.5, 0.6) is 0 Å². The number of hydrogen-bond donors (Lipinski definition) is 4. The van der Waals surface area contributed by atoms with E-state index in [-0.39, 0.29) is 18.7 Å². The first kappa shape index (κ1) is 14.1. The molecule has 0 spiro atoms. The molecule has 0 bridgehead atoms. The molecule has 0 saturated carbocycles. The molecule has 5 N–H and O–H groups in total. The predicted octanol–water partition coefficient (Wildman–Crippen LogP) is -2.93. The monoisotopic (exact) mass is 272 g/mol. The Hall–Kier alpha value is -1.32. The summed E-state index contributed by atoms with van der Waals surface area (Å²) in [7, 11) is 0. The van der Waals surface area contributed by atoms with E-state index in [2.05, 4.69) is 0 Å². The van der Waals surface area contributed by atoms with E-state index in [4.69, 9.17) is 15.6 Å². The van der Waals surface area contributed by atoms with Crippen LogP contribution in [0, 0.1) is 0 Å². The second kappa shape index (κ2) is 5.35. The maximum absolute atomic E-state index is 11.8. The van der Waals surface area contributed by atoms with Gasteiger partial charge in [0.05, 0.1) is 19.7 Å². The Bertz CT molecular complexity index is 423. The van der Waals surface area contributed by atoms with E-state index in [1.54, 1.807) is 0 Å². The second-order valence-corrected chi connectivity index (χ2v) is 4.49. The highest BCUT2D eigenvalue weighted by atomic mass is 16.6. The van der Waals surface area contributed by atoms with Crippen molar-refractivity contribution in [2.45, 2.75) is 30.8 Å². The molecule has 0 aliphatic carbocycles. The third kappa shape index (κ3) is 2.40. The fourth-order valence-corrected chi connectivity index (χ4v) is 2.20. The van der Waals surface area contributed by atoms with Crippen molar-refractivity contribution in [3.63, 3.8) is 0 Å². The molecule has 2 aliphatic rings. The Labute approximate surface area is 109 Å². The van der Waals surface area contributed by atoms with Gasteiger partial charge in [-0.2, -0.15) is 0 Å². The summed E-state index contributed by atoms with van der Waals surface area (Å²) in [6.45, 7) is -0.569. The third-order valence-corrected chi connectivity index (χ3v) is 3.29. The van der Waals surface area contributed by atoms with Crippen LogP contribution in [-0.4, -0.2) is 69.6 Å². The molecule has 0 aromatic carbocycles. The van der Waals surface area contributed by atoms with Gasteiger partial charge in [0.1, 0.15) is 24.4 Å². The topological polar surface area (TPSA) is 133 Å². The van der Waals surface area contributed by atoms with Gasteiger partial charge in [0.25, 0.3) is 0 Å². The molecule has 0 radical (unpaired) electrons. The van der Waals surface area contributed by atoms with Gasteiger partial charge in [0.15, 0.2) is 5.78 Å². The number of ketones is 1. The number of ether oxygens (including phenoxy) is 1. The summed E-state index contributed by atoms with van der Waals surface area (Å²) >= 11 is 0. The van der Waals surface area contributed by atoms with Gasteiger partial charge in [-0.05, 0) is 0 Å². The molecule has 0 aromatic rings. The zero-order chi connectivity index (χ0) is 14.2. The number of nitrogens with zero attached hydrogens (tertiary/aromatic N) is 1. The van der Waals surface area contributed by atoms with Crippen molar-refractivity contribution < 1.29 is 29.6 Å². The molecule has 2 heterocycles. The fourth-order valence-electron chi connectivity index (χ4n) is 2.20. The fraction of sp³-hybridized carbons (Fsp3) is 0.636. The number of amides is 1. The molecular weight excluding hydrogens is 256 g/mol. The molecule has 1 fully saturated rings. The highest BCUT2D eigenvalue weighted by molar-refractivity contribution is 6.10. The maximum atomic E-state index is 11.8. The van der Waals surface area contributed by atoms with Crippen LogP contribution in [0.4, 0.5) is 0 Å². The lowest BCUT2D eigenvalue weighted by Gasteiger charge is -2.26. The number of rotatable bonds is 3. The lowest BCUT2D eigenvalue weighted by Crippen LogP contribution is -2.42. The largest absolute Gasteiger partial charge is 0.394 e. The molecule has 1 amide bonds. The van der Waals surface area contributed by atoms with Crippen LogP contribution in [0.25, 0.3) is 0 Å². The molecule has 4 atom stereocenters. The maximum Gasteiger partial charge on any atom is 0.235 e. The number of Topliss-reactive ketones (excluding diaryl/α,β-unsaturated/α-hetero) is 1. The molecule has 2 rings (SSSR count). The average molecular weight is 272 g/mol. The van der Waals surface area contributed by atoms with Crippen molar-refractivity contribution in [1.82, 2.24) is 4.90 Å². The Morgan fingerprint density at radius 1 is 1.37 bits per heavy atom. The van der Waals surface area contributed by atoms with Crippen molar-refractivity contribution in [2.24, 2.45) is 5.73 Å². The van der Waals surface area contributed by atoms with Crippen LogP contribution in [-0.2, 0) is 14.3 Å². The number of aliphatic hydroxyl groups is 3. The molecular formula is C11H16N2O6. The predicted molar refractivity (Wildman–Crippen MR) is 61.4 cm³/mol. The zero-order valence-electron chi connectivity index (χ0n) is 10.1. The van der Waals surface area contributed by atoms with E-state index in [1.165, 1.54) is 6.20 Å². The minimum absolute atomic E-state index is 0.0764. The SMILES string of the molecule is NCN1C=C([C@@H]2O[C@H](CO)[C@@H](O)[C@H]2O)C(=O)CC1=O. The number of nitrogens with two attached hydrogens (primary N) is 1. The van der Waals surface area contributed by atoms with Gasteiger partial charge in [-0.25, -0.2) is 0 Å². The highest BCUT2D eigenvalue weighted by Crippen LogP contribution is 2.29. The molecule has 2 aliphatic heterocycles. The summed E-state index contributed by atoms with van der Waals surface area (Å²) in [5.41, 5.74) is 5.45. The molecule has 0 aromatic heterocycles. The van der Waals surface area contributed by atoms with E-state index < -0.39 is 42.7 Å². The zero-order valence-corrected chi connectivity index (χ0v) is 10.1. The number of carbonyl (C=O) groups is 2. The molecule has 1 saturated heterocycles. The molecule has 0 unspecified atom stereocenters. The van der Waals surface area contributed by atoms with E-state index in [1.807, 2.05) is 0 Å². The quantitative estimate of drug-likeness (QED) is 0.404. The van der Waals surface area contributed by atoms with E-state index in [0.717, 1.165) is 4.90 Å². The minimum Gasteiger partial charge on any atom is -0.394 e. The van der Waals surface area contributed by atoms with Crippen LogP contribution in [0.3, 0.4) is 0 Å². The van der Waals surface area contributed by atoms with Gasteiger partial charge < -0.3 is 30.7 Å². The van der Waals surface area contributed by atoms with Crippen molar-refractivity contribution in [2.75, 3.05) is 13.3 Å². The third-order valence-electron chi connectivity index (χ3n) is 3.29. The smallest absolute Gasteiger partial charge is 0.235 e. The number of aliphatic hydroxyl groups excluding tert-OH is 3. The first-order valence-electron chi connectivity index (χ1n) is 5.86. The summed E-state index contributed by atoms with van der Waals surface area (Å²) in [4.78, 5) is 24.4. The van der Waals surface area contributed by atoms with Gasteiger partial charge >= 0.3 is 0 Å². The van der Waals surface area contributed by atoms with Gasteiger partial charge in [-0.15, -0.1) is 0 Å². The number of hydrogen-bond acceptors (Lipinski definition) is 7. The Morgan fingerprint density at radius 2 is 2.05 bits per heavy atom. The molecule has 8 heteroatoms. The van der Waals surface area contributed by atoms with Gasteiger partial charge in [-0.3, -0.25) is 9.59 Å². The van der Waals surface area contributed by atoms with Gasteiger partial charge in [0.2, 0.25) is 5.91 Å². The van der Waals surface area contributed by atoms with Gasteiger partial charge in [0, 0.05) is 11.8 Å². The normalized spacial score (nSPS) is 35.8. The summed E-state index contributed by atoms with van der Waals surface area (Å²) < 4.78 is 5.26. The molecule has 106 valence electrons. The van der Waals surface area contributed by atoms with Crippen LogP contribution in [0.15, 0.2) is 11.8 Å². The summed E-state index contributed by atoms with van der Waals surface area (Å²) in [5, 5.41) is 28.5. The lowest BCUT2D eigenvalue weighted by molar-refractivity contribution is -0.134. The van der Waals surface area contributed by atoms with Gasteiger partial charge in [-0.1, -0.05) is 0 Å². The van der Waals surface area contributed by atoms with Crippen LogP contribution < -0.4 is 5.73 Å². The van der Waals surface area contributed by atoms with E-state index in [9.17, 15) is 19.8 Å². The van der Waals surface area contributed by atoms with Crippen molar-refractivity contribution in [1.29, 1.82) is 0 Å². The van der Waals surface area contributed by atoms with Crippen LogP contribution in [0.1, 0.15) is 6.42 Å². The molecule has 8 nitrogen and oxygen atoms in total. The van der Waals surface area contributed by atoms with Crippen molar-refractivity contribution >= 4 is 11.7 Å². The van der Waals surface area contributed by atoms with E-state index >= 15 is 0 Å². The molecule has 19 heavy (non-hydrogen) atoms. The van der Waals surface area contributed by atoms with Crippen molar-refractivity contribution in [3.05, 3.63) is 11.8 Å². The Kier molecular flexibility index (Phi) is 3.97. The average Bonchev–Trinajstić information content (AvgIpc) is 2.67. The standard InChI is InChI=1S/C11H16N2O6/c12-4-13-2-5(6(15)1-8(13)16)11-10(18)9(17)7(3-14)19-11/h2,7,9-11,14,17-18H,1,3-4,12H2/t7-,9-,10-,11+/m1/s1. The second-order valence-electron chi connectivity index (χ2n) is 4.49. The Balaban J connectivity index is 2.26. The summed E-state index contributed by atoms with van der Waals surface area (Å²) in [6.07, 6.45) is -3.77. The highest BCUT2D eigenvalue weighted by Gasteiger charge is 2.46. The minimum atomic E-state index is -1.33. The van der Waals surface area contributed by atoms with Crippen molar-refractivity contribution in [3.8, 4) is 0 Å². The van der Waals surface area contributed by atoms with E-state index in [0.29, 0.717) is 0 Å². The van der Waals surface area contributed by atoms with Crippen LogP contribution in [0.2, 0.25) is 0 Å². The van der Waals surface area contributed by atoms with Crippen LogP contribution >= 0.6 is 0 Å². The number of carbonyl (C=O) groups excluding carboxylic acids is 2.